The molecule has 0 fully saturated rings. The van der Waals surface area contributed by atoms with Crippen molar-refractivity contribution >= 4 is 45.0 Å². The van der Waals surface area contributed by atoms with Crippen LogP contribution in [0.1, 0.15) is 10.4 Å². The van der Waals surface area contributed by atoms with Crippen molar-refractivity contribution < 1.29 is 18.7 Å². The summed E-state index contributed by atoms with van der Waals surface area (Å²) in [5.41, 5.74) is -0.426. The predicted molar refractivity (Wildman–Crippen MR) is 73.5 cm³/mol. The average molecular weight is 364 g/mol. The first-order valence-corrected chi connectivity index (χ1v) is 6.36. The van der Waals surface area contributed by atoms with Gasteiger partial charge in [0.15, 0.2) is 5.82 Å². The van der Waals surface area contributed by atoms with E-state index in [-0.39, 0.29) is 22.1 Å². The first-order chi connectivity index (χ1) is 9.38. The average Bonchev–Trinajstić information content (AvgIpc) is 2.34. The van der Waals surface area contributed by atoms with Crippen LogP contribution in [0.25, 0.3) is 0 Å². The topological polar surface area (TPSA) is 62.2 Å². The zero-order chi connectivity index (χ0) is 14.9. The summed E-state index contributed by atoms with van der Waals surface area (Å²) in [7, 11) is 0. The molecule has 1 heterocycles. The van der Waals surface area contributed by atoms with Gasteiger partial charge in [0.25, 0.3) is 0 Å². The fourth-order valence-electron chi connectivity index (χ4n) is 1.48. The number of pyridine rings is 1. The number of aromatic nitrogens is 1. The van der Waals surface area contributed by atoms with Gasteiger partial charge in [0.1, 0.15) is 17.2 Å². The van der Waals surface area contributed by atoms with Crippen LogP contribution < -0.4 is 5.32 Å². The molecule has 0 spiro atoms. The maximum atomic E-state index is 13.6. The van der Waals surface area contributed by atoms with Crippen molar-refractivity contribution in [3.8, 4) is 0 Å². The fraction of sp³-hybridized carbons (Fsp3) is 0. The van der Waals surface area contributed by atoms with Gasteiger partial charge in [-0.25, -0.2) is 18.6 Å². The minimum absolute atomic E-state index is 0.104. The van der Waals surface area contributed by atoms with Crippen LogP contribution in [0.2, 0.25) is 5.02 Å². The zero-order valence-electron chi connectivity index (χ0n) is 9.62. The van der Waals surface area contributed by atoms with Crippen molar-refractivity contribution in [3.63, 3.8) is 0 Å². The molecule has 4 nitrogen and oxygen atoms in total. The van der Waals surface area contributed by atoms with Gasteiger partial charge in [-0.15, -0.1) is 0 Å². The minimum atomic E-state index is -1.25. The Balaban J connectivity index is 2.48. The highest BCUT2D eigenvalue weighted by Gasteiger charge is 2.16. The molecule has 0 bridgehead atoms. The standard InChI is InChI=1S/C12H6BrClF2N2O2/c13-5-1-7(12(19)20)11(17-4-5)18-10-8(14)2-6(15)3-9(10)16/h1-4H,(H,17,18)(H,19,20). The lowest BCUT2D eigenvalue weighted by Crippen LogP contribution is -2.06. The second-order valence-corrected chi connectivity index (χ2v) is 5.05. The summed E-state index contributed by atoms with van der Waals surface area (Å²) in [6, 6.07) is 2.84. The molecule has 8 heteroatoms. The smallest absolute Gasteiger partial charge is 0.339 e. The summed E-state index contributed by atoms with van der Waals surface area (Å²) < 4.78 is 27.0. The molecule has 2 aromatic rings. The lowest BCUT2D eigenvalue weighted by Gasteiger charge is -2.11. The van der Waals surface area contributed by atoms with E-state index in [2.05, 4.69) is 26.2 Å². The summed E-state index contributed by atoms with van der Waals surface area (Å²) in [6.45, 7) is 0. The molecule has 0 amide bonds. The number of carbonyl (C=O) groups is 1. The van der Waals surface area contributed by atoms with Crippen LogP contribution in [0, 0.1) is 11.6 Å². The molecule has 0 saturated carbocycles. The number of benzene rings is 1. The van der Waals surface area contributed by atoms with Crippen LogP contribution in [0.3, 0.4) is 0 Å². The molecule has 0 saturated heterocycles. The van der Waals surface area contributed by atoms with Gasteiger partial charge in [0, 0.05) is 16.7 Å². The molecule has 20 heavy (non-hydrogen) atoms. The van der Waals surface area contributed by atoms with Gasteiger partial charge in [-0.05, 0) is 28.1 Å². The Labute approximate surface area is 125 Å². The largest absolute Gasteiger partial charge is 0.478 e. The Morgan fingerprint density at radius 3 is 2.65 bits per heavy atom. The molecule has 0 aliphatic carbocycles. The second kappa shape index (κ2) is 5.72. The highest BCUT2D eigenvalue weighted by atomic mass is 79.9. The molecular formula is C12H6BrClF2N2O2. The van der Waals surface area contributed by atoms with Crippen LogP contribution in [0.5, 0.6) is 0 Å². The van der Waals surface area contributed by atoms with E-state index in [4.69, 9.17) is 16.7 Å². The number of hydrogen-bond donors (Lipinski definition) is 2. The summed E-state index contributed by atoms with van der Waals surface area (Å²) in [6.07, 6.45) is 1.34. The summed E-state index contributed by atoms with van der Waals surface area (Å²) in [4.78, 5) is 14.9. The van der Waals surface area contributed by atoms with Gasteiger partial charge in [-0.3, -0.25) is 0 Å². The van der Waals surface area contributed by atoms with E-state index in [0.29, 0.717) is 10.5 Å². The number of nitrogens with zero attached hydrogens (tertiary/aromatic N) is 1. The number of anilines is 2. The van der Waals surface area contributed by atoms with Gasteiger partial charge in [-0.2, -0.15) is 0 Å². The minimum Gasteiger partial charge on any atom is -0.478 e. The van der Waals surface area contributed by atoms with Gasteiger partial charge < -0.3 is 10.4 Å². The maximum Gasteiger partial charge on any atom is 0.339 e. The first-order valence-electron chi connectivity index (χ1n) is 5.19. The molecule has 2 rings (SSSR count). The Kier molecular flexibility index (Phi) is 4.20. The Morgan fingerprint density at radius 2 is 2.05 bits per heavy atom. The normalized spacial score (nSPS) is 10.4. The van der Waals surface area contributed by atoms with E-state index >= 15 is 0 Å². The van der Waals surface area contributed by atoms with E-state index in [9.17, 15) is 13.6 Å². The highest BCUT2D eigenvalue weighted by molar-refractivity contribution is 9.10. The van der Waals surface area contributed by atoms with E-state index in [1.807, 2.05) is 0 Å². The van der Waals surface area contributed by atoms with Crippen molar-refractivity contribution in [1.29, 1.82) is 0 Å². The van der Waals surface area contributed by atoms with Crippen LogP contribution >= 0.6 is 27.5 Å². The highest BCUT2D eigenvalue weighted by Crippen LogP contribution is 2.30. The van der Waals surface area contributed by atoms with Gasteiger partial charge in [0.05, 0.1) is 10.7 Å². The summed E-state index contributed by atoms with van der Waals surface area (Å²) >= 11 is 8.81. The third-order valence-electron chi connectivity index (χ3n) is 2.34. The number of rotatable bonds is 3. The Hall–Kier alpha value is -1.73. The van der Waals surface area contributed by atoms with E-state index in [1.54, 1.807) is 0 Å². The predicted octanol–water partition coefficient (Wildman–Crippen LogP) is 4.22. The third-order valence-corrected chi connectivity index (χ3v) is 3.07. The number of carboxylic acid groups (broad SMARTS) is 1. The summed E-state index contributed by atoms with van der Waals surface area (Å²) in [5.74, 6) is -3.13. The fourth-order valence-corrected chi connectivity index (χ4v) is 2.05. The van der Waals surface area contributed by atoms with E-state index in [1.165, 1.54) is 12.3 Å². The number of nitrogens with one attached hydrogen (secondary N) is 1. The van der Waals surface area contributed by atoms with Crippen molar-refractivity contribution in [1.82, 2.24) is 4.98 Å². The number of halogens is 4. The monoisotopic (exact) mass is 362 g/mol. The quantitative estimate of drug-likeness (QED) is 0.857. The van der Waals surface area contributed by atoms with Crippen molar-refractivity contribution in [2.24, 2.45) is 0 Å². The zero-order valence-corrected chi connectivity index (χ0v) is 12.0. The lowest BCUT2D eigenvalue weighted by molar-refractivity contribution is 0.0697. The second-order valence-electron chi connectivity index (χ2n) is 3.72. The third kappa shape index (κ3) is 3.05. The SMILES string of the molecule is O=C(O)c1cc(Br)cnc1Nc1c(F)cc(F)cc1Cl. The molecule has 0 radical (unpaired) electrons. The molecule has 0 aliphatic rings. The Morgan fingerprint density at radius 1 is 1.35 bits per heavy atom. The molecule has 0 atom stereocenters. The van der Waals surface area contributed by atoms with Gasteiger partial charge >= 0.3 is 5.97 Å². The van der Waals surface area contributed by atoms with Crippen molar-refractivity contribution in [3.05, 3.63) is 51.1 Å². The lowest BCUT2D eigenvalue weighted by atomic mass is 10.2. The molecule has 104 valence electrons. The van der Waals surface area contributed by atoms with Gasteiger partial charge in [-0.1, -0.05) is 11.6 Å². The maximum absolute atomic E-state index is 13.6. The van der Waals surface area contributed by atoms with E-state index in [0.717, 1.165) is 6.07 Å². The molecule has 2 N–H and O–H groups in total. The first kappa shape index (κ1) is 14.7. The van der Waals surface area contributed by atoms with Crippen LogP contribution in [-0.2, 0) is 0 Å². The van der Waals surface area contributed by atoms with Crippen LogP contribution in [0.15, 0.2) is 28.9 Å². The van der Waals surface area contributed by atoms with Crippen molar-refractivity contribution in [2.45, 2.75) is 0 Å². The van der Waals surface area contributed by atoms with Crippen molar-refractivity contribution in [2.75, 3.05) is 5.32 Å². The van der Waals surface area contributed by atoms with Gasteiger partial charge in [0.2, 0.25) is 0 Å². The van der Waals surface area contributed by atoms with Crippen LogP contribution in [-0.4, -0.2) is 16.1 Å². The Bertz CT molecular complexity index is 674. The number of carboxylic acids is 1. The van der Waals surface area contributed by atoms with Crippen LogP contribution in [0.4, 0.5) is 20.3 Å². The molecule has 0 aliphatic heterocycles. The molecular weight excluding hydrogens is 357 g/mol. The summed E-state index contributed by atoms with van der Waals surface area (Å²) in [5, 5.41) is 11.3. The molecule has 1 aromatic heterocycles. The molecule has 1 aromatic carbocycles. The number of hydrogen-bond acceptors (Lipinski definition) is 3. The van der Waals surface area contributed by atoms with E-state index < -0.39 is 17.6 Å². The molecule has 0 unspecified atom stereocenters. The number of aromatic carboxylic acids is 1.